The normalized spacial score (nSPS) is 14.5. The number of benzene rings is 1. The van der Waals surface area contributed by atoms with Crippen molar-refractivity contribution in [3.8, 4) is 11.4 Å². The third-order valence-corrected chi connectivity index (χ3v) is 5.21. The highest BCUT2D eigenvalue weighted by Crippen LogP contribution is 2.42. The van der Waals surface area contributed by atoms with Crippen LogP contribution in [0.25, 0.3) is 22.4 Å². The third-order valence-electron chi connectivity index (χ3n) is 4.58. The summed E-state index contributed by atoms with van der Waals surface area (Å²) in [5, 5.41) is 10.1. The quantitative estimate of drug-likeness (QED) is 0.650. The molecule has 7 nitrogen and oxygen atoms in total. The third kappa shape index (κ3) is 2.43. The van der Waals surface area contributed by atoms with E-state index in [-0.39, 0.29) is 5.82 Å². The van der Waals surface area contributed by atoms with Gasteiger partial charge in [0.25, 0.3) is 0 Å². The summed E-state index contributed by atoms with van der Waals surface area (Å²) in [6.07, 6.45) is 4.48. The first kappa shape index (κ1) is 17.5. The number of aromatic nitrogens is 3. The molecule has 2 aromatic heterocycles. The molecule has 4 rings (SSSR count). The van der Waals surface area contributed by atoms with Crippen molar-refractivity contribution in [3.63, 3.8) is 0 Å². The summed E-state index contributed by atoms with van der Waals surface area (Å²) in [6.45, 7) is 1.68. The van der Waals surface area contributed by atoms with Crippen molar-refractivity contribution in [1.82, 2.24) is 14.5 Å². The Bertz CT molecular complexity index is 1160. The predicted octanol–water partition coefficient (Wildman–Crippen LogP) is 3.53. The zero-order chi connectivity index (χ0) is 19.5. The number of carboxylic acids is 1. The van der Waals surface area contributed by atoms with E-state index >= 15 is 0 Å². The van der Waals surface area contributed by atoms with Gasteiger partial charge in [0.15, 0.2) is 5.82 Å². The van der Waals surface area contributed by atoms with Crippen LogP contribution in [0.5, 0.6) is 0 Å². The van der Waals surface area contributed by atoms with Gasteiger partial charge in [-0.25, -0.2) is 14.3 Å². The van der Waals surface area contributed by atoms with Crippen molar-refractivity contribution in [2.75, 3.05) is 0 Å². The lowest BCUT2D eigenvalue weighted by atomic mass is 9.95. The number of carbonyl (C=O) groups is 2. The van der Waals surface area contributed by atoms with Crippen molar-refractivity contribution in [3.05, 3.63) is 57.9 Å². The molecule has 3 aromatic rings. The molecule has 0 radical (unpaired) electrons. The Labute approximate surface area is 163 Å². The zero-order valence-corrected chi connectivity index (χ0v) is 15.4. The molecule has 27 heavy (non-hydrogen) atoms. The topological polar surface area (TPSA) is 111 Å². The summed E-state index contributed by atoms with van der Waals surface area (Å²) in [6, 6.07) is 4.12. The maximum Gasteiger partial charge on any atom is 0.325 e. The molecule has 1 aromatic carbocycles. The lowest BCUT2D eigenvalue weighted by Crippen LogP contribution is -2.25. The predicted molar refractivity (Wildman–Crippen MR) is 101 cm³/mol. The molecule has 1 aliphatic carbocycles. The van der Waals surface area contributed by atoms with Gasteiger partial charge in [0.2, 0.25) is 0 Å². The van der Waals surface area contributed by atoms with Crippen LogP contribution in [0.15, 0.2) is 36.5 Å². The number of imidazole rings is 1. The standard InChI is InChI=1S/C18H12Cl2N4O3/c1-8-13-11(7-22-14(8)18(5-6-18)16(25)26)23-15(24(13)17(21)27)12-9(19)3-2-4-10(12)20/h2-7H,1H3,(H2,21,27)(H,25,26). The van der Waals surface area contributed by atoms with E-state index < -0.39 is 17.4 Å². The van der Waals surface area contributed by atoms with Gasteiger partial charge in [-0.15, -0.1) is 0 Å². The summed E-state index contributed by atoms with van der Waals surface area (Å²) in [5.41, 5.74) is 6.24. The van der Waals surface area contributed by atoms with Crippen molar-refractivity contribution in [2.45, 2.75) is 12.3 Å². The average Bonchev–Trinajstić information content (AvgIpc) is 3.30. The van der Waals surface area contributed by atoms with Gasteiger partial charge in [-0.05, 0) is 24.6 Å². The number of nitrogens with zero attached hydrogens (tertiary/aromatic N) is 3. The molecule has 0 fully saturated rings. The van der Waals surface area contributed by atoms with Crippen LogP contribution in [0.4, 0.5) is 4.79 Å². The van der Waals surface area contributed by atoms with E-state index in [4.69, 9.17) is 28.9 Å². The lowest BCUT2D eigenvalue weighted by molar-refractivity contribution is -0.139. The molecule has 2 heterocycles. The second kappa shape index (κ2) is 5.80. The van der Waals surface area contributed by atoms with Crippen LogP contribution >= 0.6 is 23.2 Å². The number of nitrogens with two attached hydrogens (primary N) is 1. The van der Waals surface area contributed by atoms with E-state index in [1.54, 1.807) is 25.1 Å². The summed E-state index contributed by atoms with van der Waals surface area (Å²) in [4.78, 5) is 32.6. The number of hydrogen-bond donors (Lipinski definition) is 2. The molecule has 0 atom stereocenters. The maximum atomic E-state index is 12.3. The molecule has 9 heteroatoms. The lowest BCUT2D eigenvalue weighted by Gasteiger charge is -2.14. The number of hydrogen-bond acceptors (Lipinski definition) is 4. The highest BCUT2D eigenvalue weighted by molar-refractivity contribution is 6.39. The maximum absolute atomic E-state index is 12.3. The number of pyridine rings is 1. The summed E-state index contributed by atoms with van der Waals surface area (Å²) in [7, 11) is 0. The number of carboxylic acid groups (broad SMARTS) is 1. The van der Waals surface area contributed by atoms with Gasteiger partial charge in [0.1, 0.15) is 10.9 Å². The molecular formula is C18H12Cl2N4O3. The van der Waals surface area contributed by atoms with Gasteiger partial charge in [-0.1, -0.05) is 41.4 Å². The smallest absolute Gasteiger partial charge is 0.325 e. The minimum Gasteiger partial charge on any atom is -0.480 e. The fourth-order valence-corrected chi connectivity index (χ4v) is 3.78. The Balaban J connectivity index is 2.07. The molecule has 0 unspecified atom stereocenters. The summed E-state index contributed by atoms with van der Waals surface area (Å²) >= 11 is 12.5. The van der Waals surface area contributed by atoms with Crippen molar-refractivity contribution in [1.29, 1.82) is 0 Å². The highest BCUT2D eigenvalue weighted by atomic mass is 35.5. The Hall–Kier alpha value is -2.90. The van der Waals surface area contributed by atoms with Crippen LogP contribution in [0, 0.1) is 6.92 Å². The molecule has 0 spiro atoms. The highest BCUT2D eigenvalue weighted by Gasteiger charge is 2.47. The number of halogens is 2. The molecule has 0 saturated carbocycles. The van der Waals surface area contributed by atoms with Crippen LogP contribution in [0.1, 0.15) is 11.3 Å². The number of fused-ring (bicyclic) bond motifs is 1. The van der Waals surface area contributed by atoms with E-state index in [0.717, 1.165) is 0 Å². The van der Waals surface area contributed by atoms with Gasteiger partial charge >= 0.3 is 12.0 Å². The first-order valence-corrected chi connectivity index (χ1v) is 8.60. The van der Waals surface area contributed by atoms with E-state index in [2.05, 4.69) is 9.97 Å². The van der Waals surface area contributed by atoms with Crippen LogP contribution < -0.4 is 5.73 Å². The molecule has 0 aliphatic heterocycles. The molecule has 1 amide bonds. The molecule has 1 aliphatic rings. The number of aliphatic carboxylic acids is 1. The Morgan fingerprint density at radius 2 is 1.85 bits per heavy atom. The average molecular weight is 403 g/mol. The Kier molecular flexibility index (Phi) is 3.76. The molecule has 0 saturated heterocycles. The second-order valence-corrected chi connectivity index (χ2v) is 6.99. The zero-order valence-electron chi connectivity index (χ0n) is 13.9. The van der Waals surface area contributed by atoms with Gasteiger partial charge in [0.05, 0.1) is 33.0 Å². The fraction of sp³-hybridized carbons (Fsp3) is 0.111. The van der Waals surface area contributed by atoms with Gasteiger partial charge in [0, 0.05) is 0 Å². The van der Waals surface area contributed by atoms with E-state index in [9.17, 15) is 14.7 Å². The van der Waals surface area contributed by atoms with Crippen LogP contribution in [-0.2, 0) is 10.2 Å². The van der Waals surface area contributed by atoms with Crippen molar-refractivity contribution in [2.24, 2.45) is 5.73 Å². The number of amides is 1. The number of aryl methyl sites for hydroxylation is 1. The van der Waals surface area contributed by atoms with Crippen LogP contribution in [0.2, 0.25) is 10.0 Å². The van der Waals surface area contributed by atoms with E-state index in [1.807, 2.05) is 0 Å². The number of primary amides is 1. The van der Waals surface area contributed by atoms with Crippen LogP contribution in [0.3, 0.4) is 0 Å². The monoisotopic (exact) mass is 402 g/mol. The second-order valence-electron chi connectivity index (χ2n) is 6.18. The molecular weight excluding hydrogens is 391 g/mol. The Morgan fingerprint density at radius 3 is 2.37 bits per heavy atom. The minimum atomic E-state index is -1.27. The molecule has 136 valence electrons. The molecule has 3 N–H and O–H groups in total. The number of carbonyl (C=O) groups excluding carboxylic acids is 1. The van der Waals surface area contributed by atoms with Gasteiger partial charge < -0.3 is 10.8 Å². The van der Waals surface area contributed by atoms with Gasteiger partial charge in [-0.3, -0.25) is 9.78 Å². The first-order chi connectivity index (χ1) is 12.8. The SMILES string of the molecule is Cc1c(C2(C(=O)O)C=C2)ncc2nc(-c3c(Cl)cccc3Cl)n(C(N)=O)c12. The Morgan fingerprint density at radius 1 is 1.22 bits per heavy atom. The van der Waals surface area contributed by atoms with Crippen molar-refractivity contribution >= 4 is 46.2 Å². The largest absolute Gasteiger partial charge is 0.480 e. The summed E-state index contributed by atoms with van der Waals surface area (Å²) in [5.74, 6) is -0.875. The van der Waals surface area contributed by atoms with E-state index in [0.29, 0.717) is 37.9 Å². The van der Waals surface area contributed by atoms with Gasteiger partial charge in [-0.2, -0.15) is 0 Å². The first-order valence-electron chi connectivity index (χ1n) is 7.84. The van der Waals surface area contributed by atoms with E-state index in [1.165, 1.54) is 22.9 Å². The summed E-state index contributed by atoms with van der Waals surface area (Å²) < 4.78 is 1.18. The minimum absolute atomic E-state index is 0.170. The van der Waals surface area contributed by atoms with Crippen molar-refractivity contribution < 1.29 is 14.7 Å². The number of rotatable bonds is 3. The van der Waals surface area contributed by atoms with Crippen LogP contribution in [-0.4, -0.2) is 31.6 Å². The fourth-order valence-electron chi connectivity index (χ4n) is 3.22. The molecule has 0 bridgehead atoms.